The number of para-hydroxylation sites is 2. The van der Waals surface area contributed by atoms with E-state index in [1.807, 2.05) is 0 Å². The number of fused-ring (bicyclic) bond motifs is 10. The number of aromatic nitrogens is 1. The summed E-state index contributed by atoms with van der Waals surface area (Å²) in [7, 11) is 0. The molecule has 6 aromatic carbocycles. The molecule has 10 rings (SSSR count). The van der Waals surface area contributed by atoms with Gasteiger partial charge in [-0.2, -0.15) is 0 Å². The molecule has 7 aromatic rings. The van der Waals surface area contributed by atoms with Crippen molar-refractivity contribution in [3.8, 4) is 22.3 Å². The lowest BCUT2D eigenvalue weighted by Crippen LogP contribution is -2.29. The minimum absolute atomic E-state index is 0.0866. The van der Waals surface area contributed by atoms with Crippen LogP contribution in [0.5, 0.6) is 0 Å². The Morgan fingerprint density at radius 1 is 0.617 bits per heavy atom. The van der Waals surface area contributed by atoms with E-state index in [9.17, 15) is 0 Å². The molecule has 224 valence electrons. The van der Waals surface area contributed by atoms with E-state index < -0.39 is 0 Å². The minimum Gasteiger partial charge on any atom is -0.333 e. The van der Waals surface area contributed by atoms with Crippen LogP contribution in [-0.2, 0) is 5.41 Å². The van der Waals surface area contributed by atoms with Gasteiger partial charge in [0.1, 0.15) is 0 Å². The van der Waals surface area contributed by atoms with Crippen molar-refractivity contribution in [1.29, 1.82) is 0 Å². The van der Waals surface area contributed by atoms with E-state index in [2.05, 4.69) is 181 Å². The van der Waals surface area contributed by atoms with Crippen molar-refractivity contribution in [3.63, 3.8) is 0 Å². The van der Waals surface area contributed by atoms with Gasteiger partial charge in [-0.15, -0.1) is 0 Å². The number of hydrogen-bond donors (Lipinski definition) is 0. The molecule has 2 heteroatoms. The van der Waals surface area contributed by atoms with E-state index in [1.54, 1.807) is 0 Å². The van der Waals surface area contributed by atoms with E-state index in [0.29, 0.717) is 0 Å². The van der Waals surface area contributed by atoms with Crippen LogP contribution in [0.4, 0.5) is 11.4 Å². The van der Waals surface area contributed by atoms with Crippen LogP contribution in [0.1, 0.15) is 36.5 Å². The zero-order chi connectivity index (χ0) is 31.3. The first-order chi connectivity index (χ1) is 23.1. The second-order valence-corrected chi connectivity index (χ2v) is 13.7. The maximum Gasteiger partial charge on any atom is 0.0631 e. The molecule has 2 unspecified atom stereocenters. The topological polar surface area (TPSA) is 8.17 Å². The van der Waals surface area contributed by atoms with Crippen LogP contribution in [0.15, 0.2) is 158 Å². The summed E-state index contributed by atoms with van der Waals surface area (Å²) < 4.78 is 2.52. The summed E-state index contributed by atoms with van der Waals surface area (Å²) in [5.74, 6) is 0.209. The second-order valence-electron chi connectivity index (χ2n) is 13.7. The first-order valence-corrected chi connectivity index (χ1v) is 16.7. The van der Waals surface area contributed by atoms with Crippen molar-refractivity contribution in [2.24, 2.45) is 0 Å². The third-order valence-electron chi connectivity index (χ3n) is 10.9. The van der Waals surface area contributed by atoms with Crippen molar-refractivity contribution in [3.05, 3.63) is 174 Å². The molecule has 2 aliphatic carbocycles. The van der Waals surface area contributed by atoms with Crippen molar-refractivity contribution in [2.75, 3.05) is 4.90 Å². The lowest BCUT2D eigenvalue weighted by molar-refractivity contribution is 0.666. The van der Waals surface area contributed by atoms with Gasteiger partial charge in [-0.3, -0.25) is 0 Å². The fourth-order valence-electron chi connectivity index (χ4n) is 8.85. The molecule has 0 bridgehead atoms. The highest BCUT2D eigenvalue weighted by molar-refractivity contribution is 6.15. The monoisotopic (exact) mass is 602 g/mol. The number of hydrogen-bond acceptors (Lipinski definition) is 1. The highest BCUT2D eigenvalue weighted by Crippen LogP contribution is 2.54. The highest BCUT2D eigenvalue weighted by Gasteiger charge is 2.40. The molecule has 0 amide bonds. The van der Waals surface area contributed by atoms with E-state index in [1.165, 1.54) is 77.8 Å². The average Bonchev–Trinajstić information content (AvgIpc) is 3.71. The van der Waals surface area contributed by atoms with Crippen LogP contribution in [-0.4, -0.2) is 10.6 Å². The molecule has 0 saturated carbocycles. The third-order valence-corrected chi connectivity index (χ3v) is 10.9. The predicted octanol–water partition coefficient (Wildman–Crippen LogP) is 11.5. The Labute approximate surface area is 275 Å². The summed E-state index contributed by atoms with van der Waals surface area (Å²) >= 11 is 0. The molecule has 3 aliphatic rings. The van der Waals surface area contributed by atoms with Crippen LogP contribution in [0.25, 0.3) is 49.8 Å². The second kappa shape index (κ2) is 9.70. The molecule has 0 spiro atoms. The molecule has 0 radical (unpaired) electrons. The van der Waals surface area contributed by atoms with Gasteiger partial charge >= 0.3 is 0 Å². The van der Waals surface area contributed by atoms with Crippen LogP contribution in [0, 0.1) is 0 Å². The van der Waals surface area contributed by atoms with Gasteiger partial charge < -0.3 is 9.47 Å². The first kappa shape index (κ1) is 26.6. The van der Waals surface area contributed by atoms with Crippen molar-refractivity contribution in [2.45, 2.75) is 31.2 Å². The Morgan fingerprint density at radius 3 is 2.21 bits per heavy atom. The van der Waals surface area contributed by atoms with Gasteiger partial charge in [-0.1, -0.05) is 129 Å². The molecule has 0 N–H and O–H groups in total. The van der Waals surface area contributed by atoms with E-state index in [-0.39, 0.29) is 17.4 Å². The molecular formula is C45H34N2. The number of nitrogens with zero attached hydrogens (tertiary/aromatic N) is 2. The van der Waals surface area contributed by atoms with Gasteiger partial charge in [0.15, 0.2) is 0 Å². The van der Waals surface area contributed by atoms with Crippen LogP contribution in [0.3, 0.4) is 0 Å². The molecule has 1 aromatic heterocycles. The Morgan fingerprint density at radius 2 is 1.36 bits per heavy atom. The van der Waals surface area contributed by atoms with Crippen LogP contribution >= 0.6 is 0 Å². The van der Waals surface area contributed by atoms with Gasteiger partial charge in [0, 0.05) is 39.2 Å². The Kier molecular flexibility index (Phi) is 5.49. The fraction of sp³-hybridized carbons (Fsp3) is 0.111. The first-order valence-electron chi connectivity index (χ1n) is 16.7. The Hall–Kier alpha value is -5.60. The Balaban J connectivity index is 1.19. The van der Waals surface area contributed by atoms with Gasteiger partial charge in [-0.25, -0.2) is 0 Å². The molecule has 1 aliphatic heterocycles. The van der Waals surface area contributed by atoms with Gasteiger partial charge in [0.2, 0.25) is 0 Å². The molecule has 47 heavy (non-hydrogen) atoms. The van der Waals surface area contributed by atoms with E-state index in [4.69, 9.17) is 0 Å². The summed E-state index contributed by atoms with van der Waals surface area (Å²) in [6, 6.07) is 51.5. The highest BCUT2D eigenvalue weighted by atomic mass is 15.2. The molecule has 0 saturated heterocycles. The number of allylic oxidation sites excluding steroid dienone is 2. The predicted molar refractivity (Wildman–Crippen MR) is 197 cm³/mol. The number of rotatable bonds is 3. The van der Waals surface area contributed by atoms with E-state index >= 15 is 0 Å². The minimum atomic E-state index is -0.0866. The lowest BCUT2D eigenvalue weighted by atomic mass is 9.80. The fourth-order valence-corrected chi connectivity index (χ4v) is 8.85. The van der Waals surface area contributed by atoms with Gasteiger partial charge in [0.25, 0.3) is 0 Å². The third kappa shape index (κ3) is 3.67. The quantitative estimate of drug-likeness (QED) is 0.195. The average molecular weight is 603 g/mol. The summed E-state index contributed by atoms with van der Waals surface area (Å²) in [6.45, 7) is 4.79. The van der Waals surface area contributed by atoms with Crippen molar-refractivity contribution in [1.82, 2.24) is 4.57 Å². The van der Waals surface area contributed by atoms with Crippen molar-refractivity contribution >= 4 is 38.9 Å². The van der Waals surface area contributed by atoms with E-state index in [0.717, 1.165) is 0 Å². The Bertz CT molecular complexity index is 2440. The number of benzene rings is 6. The maximum absolute atomic E-state index is 2.53. The maximum atomic E-state index is 2.53. The summed E-state index contributed by atoms with van der Waals surface area (Å²) in [6.07, 6.45) is 7.32. The van der Waals surface area contributed by atoms with Crippen LogP contribution < -0.4 is 4.90 Å². The lowest BCUT2D eigenvalue weighted by Gasteiger charge is -2.30. The van der Waals surface area contributed by atoms with Crippen LogP contribution in [0.2, 0.25) is 0 Å². The normalized spacial score (nSPS) is 18.6. The molecule has 2 atom stereocenters. The SMILES string of the molecule is CC1(C)c2ccccc2-c2ccc3c(c21)c1ccccc1n3C1=CC2c3cc(-c4ccccc4)ccc3N(c3ccccc3)C2C=C1. The van der Waals surface area contributed by atoms with Gasteiger partial charge in [0.05, 0.1) is 17.1 Å². The summed E-state index contributed by atoms with van der Waals surface area (Å²) in [5, 5.41) is 2.69. The molecule has 2 heterocycles. The molecule has 0 fully saturated rings. The molecular weight excluding hydrogens is 569 g/mol. The molecule has 2 nitrogen and oxygen atoms in total. The number of anilines is 2. The summed E-state index contributed by atoms with van der Waals surface area (Å²) in [5.41, 5.74) is 15.7. The smallest absolute Gasteiger partial charge is 0.0631 e. The van der Waals surface area contributed by atoms with Crippen molar-refractivity contribution < 1.29 is 0 Å². The zero-order valence-corrected chi connectivity index (χ0v) is 26.6. The van der Waals surface area contributed by atoms with Gasteiger partial charge in [-0.05, 0) is 81.4 Å². The zero-order valence-electron chi connectivity index (χ0n) is 26.6. The standard InChI is InChI=1S/C45H34N2/c1-45(2)38-19-11-9-17-33(38)34-23-26-42-43(44(34)45)35-18-10-12-20-39(35)47(42)32-22-25-41-37(28-32)36-27-30(29-13-5-3-6-14-29)21-24-40(36)46(41)31-15-7-4-8-16-31/h3-28,37,41H,1-2H3. The summed E-state index contributed by atoms with van der Waals surface area (Å²) in [4.78, 5) is 2.52. The largest absolute Gasteiger partial charge is 0.333 e.